The van der Waals surface area contributed by atoms with Crippen LogP contribution in [0.5, 0.6) is 23.0 Å². The van der Waals surface area contributed by atoms with Gasteiger partial charge in [-0.05, 0) is 53.4 Å². The molecule has 10 rings (SSSR count). The van der Waals surface area contributed by atoms with Crippen molar-refractivity contribution < 1.29 is 9.47 Å². The van der Waals surface area contributed by atoms with Gasteiger partial charge in [0, 0.05) is 43.3 Å². The Kier molecular flexibility index (Phi) is 5.89. The minimum Gasteiger partial charge on any atom is -0.616 e. The Balaban J connectivity index is 1.34. The van der Waals surface area contributed by atoms with E-state index in [-0.39, 0.29) is 0 Å². The Morgan fingerprint density at radius 3 is 1.42 bits per heavy atom. The van der Waals surface area contributed by atoms with Crippen LogP contribution in [0, 0.1) is 12.1 Å². The molecule has 0 radical (unpaired) electrons. The summed E-state index contributed by atoms with van der Waals surface area (Å²) < 4.78 is 13.4. The zero-order valence-electron chi connectivity index (χ0n) is 26.1. The summed E-state index contributed by atoms with van der Waals surface area (Å²) in [4.78, 5) is 0. The second kappa shape index (κ2) is 10.2. The summed E-state index contributed by atoms with van der Waals surface area (Å²) in [5, 5.41) is 18.9. The number of ether oxygens (including phenoxy) is 2. The van der Waals surface area contributed by atoms with Gasteiger partial charge in [0.15, 0.2) is 11.4 Å². The van der Waals surface area contributed by atoms with Crippen molar-refractivity contribution in [3.05, 3.63) is 162 Å². The first kappa shape index (κ1) is 27.6. The number of hydrogen-bond donors (Lipinski definition) is 0. The van der Waals surface area contributed by atoms with Crippen LogP contribution >= 0.6 is 7.92 Å². The van der Waals surface area contributed by atoms with Crippen LogP contribution < -0.4 is 30.0 Å². The van der Waals surface area contributed by atoms with Gasteiger partial charge in [-0.3, -0.25) is 4.65 Å². The molecule has 0 fully saturated rings. The van der Waals surface area contributed by atoms with Crippen LogP contribution in [0.25, 0.3) is 33.4 Å². The normalized spacial score (nSPS) is 17.6. The quantitative estimate of drug-likeness (QED) is 0.110. The van der Waals surface area contributed by atoms with Gasteiger partial charge in [-0.2, -0.15) is 0 Å². The molecule has 7 aromatic rings. The molecular weight excluding hydrogens is 609 g/mol. The lowest BCUT2D eigenvalue weighted by atomic mass is 10.00. The van der Waals surface area contributed by atoms with E-state index in [2.05, 4.69) is 60.7 Å². The third-order valence-electron chi connectivity index (χ3n) is 9.71. The Morgan fingerprint density at radius 1 is 0.479 bits per heavy atom. The zero-order valence-corrected chi connectivity index (χ0v) is 26.9. The number of rotatable bonds is 4. The lowest BCUT2D eigenvalue weighted by Crippen LogP contribution is -2.47. The summed E-state index contributed by atoms with van der Waals surface area (Å²) in [6, 6.07) is 51.4. The predicted octanol–water partition coefficient (Wildman–Crippen LogP) is 10.7. The molecule has 5 heteroatoms. The molecule has 7 aromatic carbocycles. The standard InChI is InChI=1S/C43H28NO3P/c1-27-17-19-32(20-18-27)44(45)35-23-21-33(29-13-7-3-8-14-29)39-41(35)48-42-36(44)24-22-34(30-15-9-4-10-16-30)40(42)47-38-26-31(25-37(46-39)43(38)48)28-11-5-2-6-12-28/h2-26H,1H3. The summed E-state index contributed by atoms with van der Waals surface area (Å²) in [6.07, 6.45) is 0. The molecule has 3 aliphatic rings. The highest BCUT2D eigenvalue weighted by Crippen LogP contribution is 2.64. The molecule has 0 aromatic heterocycles. The van der Waals surface area contributed by atoms with Gasteiger partial charge >= 0.3 is 0 Å². The van der Waals surface area contributed by atoms with Crippen molar-refractivity contribution in [2.24, 2.45) is 0 Å². The van der Waals surface area contributed by atoms with Crippen LogP contribution in [-0.4, -0.2) is 0 Å². The minimum absolute atomic E-state index is 0.649. The molecule has 228 valence electrons. The summed E-state index contributed by atoms with van der Waals surface area (Å²) in [5.74, 6) is 3.06. The summed E-state index contributed by atoms with van der Waals surface area (Å²) in [5.41, 5.74) is 9.28. The lowest BCUT2D eigenvalue weighted by molar-refractivity contribution is 0.466. The fourth-order valence-corrected chi connectivity index (χ4v) is 10.4. The van der Waals surface area contributed by atoms with Gasteiger partial charge in [-0.25, -0.2) is 0 Å². The molecule has 4 nitrogen and oxygen atoms in total. The SMILES string of the molecule is Cc1ccc([N+]2([O-])c3ccc(-c4ccccc4)c4c3P3c5c(cc(-c6ccccc6)cc5Oc5c(-c6ccccc6)ccc2c53)O4)cc1. The van der Waals surface area contributed by atoms with Gasteiger partial charge in [-0.1, -0.05) is 109 Å². The van der Waals surface area contributed by atoms with E-state index in [9.17, 15) is 0 Å². The molecule has 0 bridgehead atoms. The van der Waals surface area contributed by atoms with Crippen molar-refractivity contribution >= 4 is 40.9 Å². The number of quaternary nitrogens is 1. The van der Waals surface area contributed by atoms with Crippen molar-refractivity contribution in [2.75, 3.05) is 0 Å². The van der Waals surface area contributed by atoms with E-state index >= 15 is 5.21 Å². The summed E-state index contributed by atoms with van der Waals surface area (Å²) >= 11 is 0. The van der Waals surface area contributed by atoms with Crippen molar-refractivity contribution in [1.29, 1.82) is 0 Å². The highest BCUT2D eigenvalue weighted by atomic mass is 31.1. The molecule has 0 atom stereocenters. The van der Waals surface area contributed by atoms with E-state index in [1.807, 2.05) is 97.9 Å². The third kappa shape index (κ3) is 3.82. The van der Waals surface area contributed by atoms with Crippen LogP contribution in [0.2, 0.25) is 0 Å². The first-order valence-electron chi connectivity index (χ1n) is 16.1. The van der Waals surface area contributed by atoms with E-state index in [0.29, 0.717) is 17.1 Å². The van der Waals surface area contributed by atoms with Gasteiger partial charge < -0.3 is 14.7 Å². The van der Waals surface area contributed by atoms with Crippen molar-refractivity contribution in [3.8, 4) is 56.4 Å². The molecule has 3 heterocycles. The Morgan fingerprint density at radius 2 is 0.938 bits per heavy atom. The molecule has 0 amide bonds. The maximum absolute atomic E-state index is 16.0. The molecule has 48 heavy (non-hydrogen) atoms. The molecule has 0 N–H and O–H groups in total. The summed E-state index contributed by atoms with van der Waals surface area (Å²) in [7, 11) is -1.22. The lowest BCUT2D eigenvalue weighted by Gasteiger charge is -2.50. The molecule has 0 spiro atoms. The maximum atomic E-state index is 16.0. The van der Waals surface area contributed by atoms with Gasteiger partial charge in [0.1, 0.15) is 28.7 Å². The fraction of sp³-hybridized carbons (Fsp3) is 0.0233. The van der Waals surface area contributed by atoms with Crippen LogP contribution in [0.1, 0.15) is 5.56 Å². The summed E-state index contributed by atoms with van der Waals surface area (Å²) in [6.45, 7) is 2.05. The average Bonchev–Trinajstić information content (AvgIpc) is 3.14. The molecule has 0 aliphatic carbocycles. The maximum Gasteiger partial charge on any atom is 0.155 e. The Hall–Kier alpha value is -5.51. The van der Waals surface area contributed by atoms with Crippen molar-refractivity contribution in [2.45, 2.75) is 6.92 Å². The monoisotopic (exact) mass is 637 g/mol. The van der Waals surface area contributed by atoms with Gasteiger partial charge in [-0.15, -0.1) is 0 Å². The van der Waals surface area contributed by atoms with Crippen LogP contribution in [-0.2, 0) is 0 Å². The fourth-order valence-electron chi connectivity index (χ4n) is 7.43. The largest absolute Gasteiger partial charge is 0.616 e. The number of benzene rings is 7. The van der Waals surface area contributed by atoms with E-state index in [0.717, 1.165) is 77.9 Å². The van der Waals surface area contributed by atoms with Crippen molar-refractivity contribution in [1.82, 2.24) is 4.65 Å². The highest BCUT2D eigenvalue weighted by Gasteiger charge is 2.51. The second-order valence-corrected chi connectivity index (χ2v) is 14.5. The Labute approximate surface area is 280 Å². The molecule has 3 aliphatic heterocycles. The Bertz CT molecular complexity index is 2290. The van der Waals surface area contributed by atoms with Crippen LogP contribution in [0.3, 0.4) is 0 Å². The van der Waals surface area contributed by atoms with E-state index in [1.54, 1.807) is 0 Å². The molecule has 0 saturated carbocycles. The second-order valence-electron chi connectivity index (χ2n) is 12.5. The van der Waals surface area contributed by atoms with Gasteiger partial charge in [0.2, 0.25) is 0 Å². The topological polar surface area (TPSA) is 41.5 Å². The molecular formula is C43H28NO3P. The van der Waals surface area contributed by atoms with E-state index in [1.165, 1.54) is 0 Å². The third-order valence-corrected chi connectivity index (χ3v) is 12.4. The molecule has 0 saturated heterocycles. The first-order valence-corrected chi connectivity index (χ1v) is 17.5. The van der Waals surface area contributed by atoms with Gasteiger partial charge in [0.05, 0.1) is 15.9 Å². The zero-order chi connectivity index (χ0) is 32.0. The average molecular weight is 638 g/mol. The highest BCUT2D eigenvalue weighted by molar-refractivity contribution is 7.81. The van der Waals surface area contributed by atoms with Gasteiger partial charge in [0.25, 0.3) is 0 Å². The minimum atomic E-state index is -1.22. The number of hydrogen-bond acceptors (Lipinski definition) is 3. The number of nitrogens with zero attached hydrogens (tertiary/aromatic N) is 1. The predicted molar refractivity (Wildman–Crippen MR) is 197 cm³/mol. The number of aryl methyl sites for hydroxylation is 1. The van der Waals surface area contributed by atoms with Crippen LogP contribution in [0.15, 0.2) is 152 Å². The van der Waals surface area contributed by atoms with Crippen molar-refractivity contribution in [3.63, 3.8) is 0 Å². The molecule has 0 unspecified atom stereocenters. The smallest absolute Gasteiger partial charge is 0.155 e. The van der Waals surface area contributed by atoms with E-state index in [4.69, 9.17) is 9.47 Å². The van der Waals surface area contributed by atoms with Crippen LogP contribution in [0.4, 0.5) is 17.1 Å². The van der Waals surface area contributed by atoms with E-state index < -0.39 is 12.6 Å². The first-order chi connectivity index (χ1) is 23.6.